The Morgan fingerprint density at radius 2 is 0.367 bits per heavy atom. The quantitative estimate of drug-likeness (QED) is 0.0481. The third-order valence-corrected chi connectivity index (χ3v) is 18.2. The van der Waals surface area contributed by atoms with E-state index in [0.717, 1.165) is 0 Å². The zero-order valence-corrected chi connectivity index (χ0v) is 56.6. The molecule has 0 aliphatic rings. The fourth-order valence-electron chi connectivity index (χ4n) is 12.0. The van der Waals surface area contributed by atoms with Gasteiger partial charge in [0, 0.05) is 41.1 Å². The van der Waals surface area contributed by atoms with Crippen LogP contribution in [0.25, 0.3) is 0 Å². The molecule has 0 saturated heterocycles. The van der Waals surface area contributed by atoms with Gasteiger partial charge in [0.1, 0.15) is 0 Å². The van der Waals surface area contributed by atoms with Gasteiger partial charge in [-0.1, -0.05) is 380 Å². The summed E-state index contributed by atoms with van der Waals surface area (Å²) in [5, 5.41) is 0. The second-order valence-corrected chi connectivity index (χ2v) is 26.4. The third kappa shape index (κ3) is 54.5. The average molecular weight is 1210 g/mol. The molecule has 0 spiro atoms. The Morgan fingerprint density at radius 1 is 0.203 bits per heavy atom. The minimum atomic E-state index is 1.23. The van der Waals surface area contributed by atoms with Crippen LogP contribution in [0.1, 0.15) is 387 Å². The van der Waals surface area contributed by atoms with Crippen molar-refractivity contribution in [2.75, 3.05) is 36.0 Å². The third-order valence-electron chi connectivity index (χ3n) is 17.4. The number of nitrogens with zero attached hydrogens (tertiary/aromatic N) is 2. The zero-order valence-electron chi connectivity index (χ0n) is 54.4. The molecule has 0 aliphatic carbocycles. The van der Waals surface area contributed by atoms with Crippen LogP contribution in [0.4, 0.5) is 11.4 Å². The van der Waals surface area contributed by atoms with Gasteiger partial charge in [0.05, 0.1) is 0 Å². The van der Waals surface area contributed by atoms with Crippen LogP contribution in [0.3, 0.4) is 0 Å². The van der Waals surface area contributed by atoms with Crippen LogP contribution in [0, 0.1) is 3.57 Å². The van der Waals surface area contributed by atoms with Crippen LogP contribution in [-0.2, 0) is 0 Å². The van der Waals surface area contributed by atoms with Gasteiger partial charge in [0.15, 0.2) is 0 Å². The van der Waals surface area contributed by atoms with E-state index in [-0.39, 0.29) is 0 Å². The van der Waals surface area contributed by atoms with Crippen molar-refractivity contribution < 1.29 is 0 Å². The monoisotopic (exact) mass is 1210 g/mol. The van der Waals surface area contributed by atoms with Gasteiger partial charge in [0.2, 0.25) is 0 Å². The molecule has 0 amide bonds. The Labute approximate surface area is 512 Å². The van der Waals surface area contributed by atoms with Crippen molar-refractivity contribution in [3.63, 3.8) is 0 Å². The molecule has 0 radical (unpaired) electrons. The second-order valence-electron chi connectivity index (χ2n) is 25.2. The summed E-state index contributed by atoms with van der Waals surface area (Å²) in [4.78, 5) is 5.35. The Morgan fingerprint density at radius 3 is 0.557 bits per heavy atom. The molecule has 3 heteroatoms. The van der Waals surface area contributed by atoms with Crippen molar-refractivity contribution in [3.05, 3.63) is 58.2 Å². The molecule has 0 fully saturated rings. The van der Waals surface area contributed by atoms with Gasteiger partial charge >= 0.3 is 0 Å². The summed E-state index contributed by atoms with van der Waals surface area (Å²) in [6.07, 6.45) is 80.5. The van der Waals surface area contributed by atoms with E-state index in [1.165, 1.54) is 401 Å². The number of benzene rings is 2. The van der Waals surface area contributed by atoms with Gasteiger partial charge in [0.25, 0.3) is 0 Å². The molecular formula is C76H141IN2. The molecule has 2 aromatic rings. The highest BCUT2D eigenvalue weighted by Crippen LogP contribution is 2.22. The lowest BCUT2D eigenvalue weighted by Crippen LogP contribution is -2.25. The lowest BCUT2D eigenvalue weighted by atomic mass is 10.0. The standard InChI is InChI=1S/C38H70IN.C38H71N/c1-3-5-7-9-11-13-15-17-19-21-23-25-27-29-35-40(38-33-31-37(39)32-34-38)36-30-28-26-24-22-20-18-16-14-12-10-8-6-4-2;1-3-5-7-9-11-13-15-17-19-21-23-25-27-32-36-39(38-34-30-29-31-35-38)37-33-28-26-24-22-20-18-16-14-12-10-8-6-4-2/h31-34H,3-30,35-36H2,1-2H3;29-31,34-35H,3-28,32-33,36-37H2,1-2H3. The highest BCUT2D eigenvalue weighted by Gasteiger charge is 2.09. The Hall–Kier alpha value is -1.23. The molecule has 0 saturated carbocycles. The van der Waals surface area contributed by atoms with E-state index in [9.17, 15) is 0 Å². The van der Waals surface area contributed by atoms with E-state index in [2.05, 4.69) is 115 Å². The van der Waals surface area contributed by atoms with E-state index in [4.69, 9.17) is 0 Å². The molecule has 0 bridgehead atoms. The first-order valence-electron chi connectivity index (χ1n) is 36.5. The molecule has 79 heavy (non-hydrogen) atoms. The fraction of sp³-hybridized carbons (Fsp3) is 0.842. The van der Waals surface area contributed by atoms with Gasteiger partial charge in [-0.2, -0.15) is 0 Å². The number of unbranched alkanes of at least 4 members (excludes halogenated alkanes) is 52. The Balaban J connectivity index is 0.000000790. The minimum Gasteiger partial charge on any atom is -0.372 e. The maximum Gasteiger partial charge on any atom is 0.0366 e. The Kier molecular flexibility index (Phi) is 61.7. The number of halogens is 1. The van der Waals surface area contributed by atoms with Crippen LogP contribution in [-0.4, -0.2) is 26.2 Å². The predicted octanol–water partition coefficient (Wildman–Crippen LogP) is 27.5. The number of anilines is 2. The highest BCUT2D eigenvalue weighted by atomic mass is 127. The first kappa shape index (κ1) is 75.8. The Bertz CT molecular complexity index is 1330. The van der Waals surface area contributed by atoms with Crippen LogP contribution < -0.4 is 9.80 Å². The molecule has 0 aliphatic heterocycles. The summed E-state index contributed by atoms with van der Waals surface area (Å²) >= 11 is 2.43. The molecule has 2 nitrogen and oxygen atoms in total. The van der Waals surface area contributed by atoms with E-state index >= 15 is 0 Å². The van der Waals surface area contributed by atoms with Gasteiger partial charge in [-0.05, 0) is 84.7 Å². The van der Waals surface area contributed by atoms with E-state index < -0.39 is 0 Å². The zero-order chi connectivity index (χ0) is 56.7. The summed E-state index contributed by atoms with van der Waals surface area (Å²) < 4.78 is 1.34. The molecule has 0 heterocycles. The van der Waals surface area contributed by atoms with Crippen LogP contribution in [0.5, 0.6) is 0 Å². The molecule has 0 unspecified atom stereocenters. The van der Waals surface area contributed by atoms with E-state index in [1.54, 1.807) is 0 Å². The van der Waals surface area contributed by atoms with Crippen molar-refractivity contribution in [2.24, 2.45) is 0 Å². The number of para-hydroxylation sites is 1. The van der Waals surface area contributed by atoms with Gasteiger partial charge in [-0.15, -0.1) is 0 Å². The predicted molar refractivity (Wildman–Crippen MR) is 371 cm³/mol. The van der Waals surface area contributed by atoms with Crippen LogP contribution >= 0.6 is 22.6 Å². The van der Waals surface area contributed by atoms with Gasteiger partial charge in [-0.3, -0.25) is 0 Å². The second kappa shape index (κ2) is 64.3. The van der Waals surface area contributed by atoms with E-state index in [0.29, 0.717) is 0 Å². The summed E-state index contributed by atoms with van der Waals surface area (Å²) in [6.45, 7) is 14.2. The van der Waals surface area contributed by atoms with Crippen LogP contribution in [0.2, 0.25) is 0 Å². The average Bonchev–Trinajstić information content (AvgIpc) is 3.47. The largest absolute Gasteiger partial charge is 0.372 e. The molecule has 0 aromatic heterocycles. The smallest absolute Gasteiger partial charge is 0.0366 e. The molecule has 462 valence electrons. The number of hydrogen-bond donors (Lipinski definition) is 0. The molecular weight excluding hydrogens is 1070 g/mol. The highest BCUT2D eigenvalue weighted by molar-refractivity contribution is 14.1. The lowest BCUT2D eigenvalue weighted by Gasteiger charge is -2.25. The van der Waals surface area contributed by atoms with Crippen LogP contribution in [0.15, 0.2) is 54.6 Å². The van der Waals surface area contributed by atoms with Crippen molar-refractivity contribution in [1.82, 2.24) is 0 Å². The molecule has 2 aromatic carbocycles. The summed E-state index contributed by atoms with van der Waals surface area (Å²) in [7, 11) is 0. The first-order chi connectivity index (χ1) is 39.2. The normalized spacial score (nSPS) is 11.4. The lowest BCUT2D eigenvalue weighted by molar-refractivity contribution is 0.529. The molecule has 0 N–H and O–H groups in total. The fourth-order valence-corrected chi connectivity index (χ4v) is 12.4. The van der Waals surface area contributed by atoms with Gasteiger partial charge < -0.3 is 9.80 Å². The summed E-state index contributed by atoms with van der Waals surface area (Å²) in [5.74, 6) is 0. The maximum atomic E-state index is 2.68. The number of hydrogen-bond acceptors (Lipinski definition) is 2. The number of rotatable bonds is 62. The summed E-state index contributed by atoms with van der Waals surface area (Å²) in [5.41, 5.74) is 2.87. The van der Waals surface area contributed by atoms with Crippen molar-refractivity contribution in [2.45, 2.75) is 387 Å². The molecule has 2 rings (SSSR count). The summed E-state index contributed by atoms with van der Waals surface area (Å²) in [6, 6.07) is 20.4. The van der Waals surface area contributed by atoms with Crippen molar-refractivity contribution in [3.8, 4) is 0 Å². The molecule has 0 atom stereocenters. The minimum absolute atomic E-state index is 1.23. The maximum absolute atomic E-state index is 2.68. The first-order valence-corrected chi connectivity index (χ1v) is 37.5. The topological polar surface area (TPSA) is 6.48 Å². The SMILES string of the molecule is CCCCCCCCCCCCCCCCN(CCCCCCCCCCCCCCCC)c1ccc(I)cc1.CCCCCCCCCCCCCCCCN(CCCCCCCCCCCCCCCC)c1ccccc1. The van der Waals surface area contributed by atoms with Crippen molar-refractivity contribution >= 4 is 34.0 Å². The van der Waals surface area contributed by atoms with Gasteiger partial charge in [-0.25, -0.2) is 0 Å². The van der Waals surface area contributed by atoms with E-state index in [1.807, 2.05) is 0 Å². The van der Waals surface area contributed by atoms with Crippen molar-refractivity contribution in [1.29, 1.82) is 0 Å².